The average Bonchev–Trinajstić information content (AvgIpc) is 2.97. The van der Waals surface area contributed by atoms with Crippen LogP contribution in [0.3, 0.4) is 0 Å². The van der Waals surface area contributed by atoms with E-state index >= 15 is 0 Å². The van der Waals surface area contributed by atoms with Crippen molar-refractivity contribution in [1.29, 1.82) is 5.26 Å². The van der Waals surface area contributed by atoms with E-state index in [0.29, 0.717) is 22.6 Å². The lowest BCUT2D eigenvalue weighted by Crippen LogP contribution is -2.07. The van der Waals surface area contributed by atoms with Crippen LogP contribution in [0.5, 0.6) is 0 Å². The maximum Gasteiger partial charge on any atom is 0.417 e. The van der Waals surface area contributed by atoms with E-state index in [1.165, 1.54) is 6.07 Å². The Labute approximate surface area is 151 Å². The molecule has 0 saturated heterocycles. The molecule has 134 valence electrons. The molecule has 0 spiro atoms. The Balaban J connectivity index is 1.78. The van der Waals surface area contributed by atoms with Crippen LogP contribution in [0.4, 0.5) is 13.2 Å². The van der Waals surface area contributed by atoms with Gasteiger partial charge in [0.05, 0.1) is 34.4 Å². The Hall–Kier alpha value is -3.47. The predicted octanol–water partition coefficient (Wildman–Crippen LogP) is 4.00. The number of nitrogens with zero attached hydrogens (tertiary/aromatic N) is 5. The van der Waals surface area contributed by atoms with Gasteiger partial charge in [-0.2, -0.15) is 18.4 Å². The molecule has 3 heterocycles. The zero-order chi connectivity index (χ0) is 19.2. The van der Waals surface area contributed by atoms with E-state index < -0.39 is 11.7 Å². The summed E-state index contributed by atoms with van der Waals surface area (Å²) in [6.07, 6.45) is -1.66. The minimum atomic E-state index is -4.41. The smallest absolute Gasteiger partial charge is 0.330 e. The van der Waals surface area contributed by atoms with Crippen molar-refractivity contribution < 1.29 is 13.2 Å². The van der Waals surface area contributed by atoms with Crippen LogP contribution < -0.4 is 0 Å². The minimum Gasteiger partial charge on any atom is -0.330 e. The monoisotopic (exact) mass is 367 g/mol. The molecule has 0 radical (unpaired) electrons. The summed E-state index contributed by atoms with van der Waals surface area (Å²) in [7, 11) is 1.83. The zero-order valence-electron chi connectivity index (χ0n) is 14.1. The van der Waals surface area contributed by atoms with Crippen molar-refractivity contribution in [1.82, 2.24) is 19.5 Å². The summed E-state index contributed by atoms with van der Waals surface area (Å²) < 4.78 is 39.9. The lowest BCUT2D eigenvalue weighted by atomic mass is 10.1. The molecule has 0 fully saturated rings. The SMILES string of the molecule is Cn1c(Cc2ccc(C(F)(F)F)cn2)nc2cnc3ccc(C#N)cc3c21. The average molecular weight is 367 g/mol. The molecule has 8 heteroatoms. The summed E-state index contributed by atoms with van der Waals surface area (Å²) >= 11 is 0. The molecule has 0 amide bonds. The maximum absolute atomic E-state index is 12.7. The van der Waals surface area contributed by atoms with Crippen LogP contribution in [-0.4, -0.2) is 19.5 Å². The third kappa shape index (κ3) is 2.97. The first-order valence-electron chi connectivity index (χ1n) is 8.03. The van der Waals surface area contributed by atoms with Crippen molar-refractivity contribution in [2.75, 3.05) is 0 Å². The van der Waals surface area contributed by atoms with Gasteiger partial charge in [-0.3, -0.25) is 9.97 Å². The molecule has 0 saturated carbocycles. The molecule has 0 aliphatic rings. The Morgan fingerprint density at radius 3 is 2.56 bits per heavy atom. The third-order valence-electron chi connectivity index (χ3n) is 4.41. The molecule has 4 aromatic rings. The molecule has 4 rings (SSSR count). The number of benzene rings is 1. The fourth-order valence-corrected chi connectivity index (χ4v) is 3.03. The first-order valence-corrected chi connectivity index (χ1v) is 8.03. The summed E-state index contributed by atoms with van der Waals surface area (Å²) in [5, 5.41) is 9.94. The fourth-order valence-electron chi connectivity index (χ4n) is 3.03. The first kappa shape index (κ1) is 17.0. The molecule has 0 N–H and O–H groups in total. The standard InChI is InChI=1S/C19H12F3N5/c1-27-17(7-13-4-3-12(9-24-13)19(20,21)22)26-16-10-25-15-5-2-11(8-23)6-14(15)18(16)27/h2-6,9-10H,7H2,1H3. The van der Waals surface area contributed by atoms with Crippen molar-refractivity contribution in [3.8, 4) is 6.07 Å². The van der Waals surface area contributed by atoms with Gasteiger partial charge in [-0.25, -0.2) is 4.98 Å². The van der Waals surface area contributed by atoms with Crippen LogP contribution >= 0.6 is 0 Å². The van der Waals surface area contributed by atoms with Gasteiger partial charge < -0.3 is 4.57 Å². The summed E-state index contributed by atoms with van der Waals surface area (Å²) in [4.78, 5) is 12.8. The molecule has 27 heavy (non-hydrogen) atoms. The van der Waals surface area contributed by atoms with Crippen molar-refractivity contribution >= 4 is 21.9 Å². The Bertz CT molecular complexity index is 1200. The summed E-state index contributed by atoms with van der Waals surface area (Å²) in [5.41, 5.74) is 2.43. The fraction of sp³-hybridized carbons (Fsp3) is 0.158. The molecule has 3 aromatic heterocycles. The van der Waals surface area contributed by atoms with Gasteiger partial charge >= 0.3 is 6.18 Å². The van der Waals surface area contributed by atoms with Crippen LogP contribution in [0.15, 0.2) is 42.7 Å². The maximum atomic E-state index is 12.7. The van der Waals surface area contributed by atoms with Crippen LogP contribution in [0.25, 0.3) is 21.9 Å². The molecule has 0 bridgehead atoms. The Morgan fingerprint density at radius 1 is 1.07 bits per heavy atom. The van der Waals surface area contributed by atoms with Crippen LogP contribution in [0.2, 0.25) is 0 Å². The number of hydrogen-bond acceptors (Lipinski definition) is 4. The van der Waals surface area contributed by atoms with Gasteiger partial charge in [-0.1, -0.05) is 0 Å². The number of aryl methyl sites for hydroxylation is 1. The van der Waals surface area contributed by atoms with Gasteiger partial charge in [0.15, 0.2) is 0 Å². The van der Waals surface area contributed by atoms with Gasteiger partial charge in [0, 0.05) is 30.7 Å². The molecule has 1 aromatic carbocycles. The van der Waals surface area contributed by atoms with Crippen molar-refractivity contribution in [2.45, 2.75) is 12.6 Å². The summed E-state index contributed by atoms with van der Waals surface area (Å²) in [5.74, 6) is 0.647. The highest BCUT2D eigenvalue weighted by Crippen LogP contribution is 2.29. The number of imidazole rings is 1. The quantitative estimate of drug-likeness (QED) is 0.537. The predicted molar refractivity (Wildman–Crippen MR) is 92.8 cm³/mol. The van der Waals surface area contributed by atoms with Gasteiger partial charge in [-0.05, 0) is 30.3 Å². The molecule has 0 atom stereocenters. The Morgan fingerprint density at radius 2 is 1.89 bits per heavy atom. The number of alkyl halides is 3. The molecule has 5 nitrogen and oxygen atoms in total. The largest absolute Gasteiger partial charge is 0.417 e. The number of pyridine rings is 2. The lowest BCUT2D eigenvalue weighted by Gasteiger charge is -2.07. The molecule has 0 aliphatic heterocycles. The van der Waals surface area contributed by atoms with E-state index in [9.17, 15) is 13.2 Å². The van der Waals surface area contributed by atoms with Crippen molar-refractivity contribution in [3.63, 3.8) is 0 Å². The van der Waals surface area contributed by atoms with Crippen molar-refractivity contribution in [2.24, 2.45) is 7.05 Å². The topological polar surface area (TPSA) is 67.4 Å². The highest BCUT2D eigenvalue weighted by atomic mass is 19.4. The number of aromatic nitrogens is 4. The number of hydrogen-bond donors (Lipinski definition) is 0. The summed E-state index contributed by atoms with van der Waals surface area (Å²) in [6.45, 7) is 0. The number of nitriles is 1. The van der Waals surface area contributed by atoms with Crippen LogP contribution in [-0.2, 0) is 19.6 Å². The molecular weight excluding hydrogens is 355 g/mol. The number of rotatable bonds is 2. The Kier molecular flexibility index (Phi) is 3.81. The summed E-state index contributed by atoms with van der Waals surface area (Å²) in [6, 6.07) is 9.71. The highest BCUT2D eigenvalue weighted by molar-refractivity contribution is 6.02. The van der Waals surface area contributed by atoms with E-state index in [-0.39, 0.29) is 6.42 Å². The van der Waals surface area contributed by atoms with Crippen molar-refractivity contribution in [3.05, 3.63) is 65.4 Å². The number of halogens is 3. The molecular formula is C19H12F3N5. The lowest BCUT2D eigenvalue weighted by molar-refractivity contribution is -0.137. The van der Waals surface area contributed by atoms with Gasteiger partial charge in [0.25, 0.3) is 0 Å². The van der Waals surface area contributed by atoms with Gasteiger partial charge in [0.2, 0.25) is 0 Å². The normalized spacial score (nSPS) is 11.8. The van der Waals surface area contributed by atoms with E-state index in [0.717, 1.165) is 28.7 Å². The van der Waals surface area contributed by atoms with Gasteiger partial charge in [-0.15, -0.1) is 0 Å². The van der Waals surface area contributed by atoms with E-state index in [2.05, 4.69) is 21.0 Å². The van der Waals surface area contributed by atoms with E-state index in [1.54, 1.807) is 24.4 Å². The minimum absolute atomic E-state index is 0.281. The second-order valence-corrected chi connectivity index (χ2v) is 6.14. The molecule has 0 aliphatic carbocycles. The second kappa shape index (κ2) is 6.06. The third-order valence-corrected chi connectivity index (χ3v) is 4.41. The van der Waals surface area contributed by atoms with Gasteiger partial charge in [0.1, 0.15) is 11.3 Å². The molecule has 0 unspecified atom stereocenters. The van der Waals surface area contributed by atoms with E-state index in [4.69, 9.17) is 5.26 Å². The van der Waals surface area contributed by atoms with Crippen LogP contribution in [0, 0.1) is 11.3 Å². The highest BCUT2D eigenvalue weighted by Gasteiger charge is 2.30. The number of fused-ring (bicyclic) bond motifs is 3. The first-order chi connectivity index (χ1) is 12.9. The van der Waals surface area contributed by atoms with Crippen LogP contribution in [0.1, 0.15) is 22.6 Å². The van der Waals surface area contributed by atoms with E-state index in [1.807, 2.05) is 11.6 Å². The zero-order valence-corrected chi connectivity index (χ0v) is 14.1. The second-order valence-electron chi connectivity index (χ2n) is 6.14.